The van der Waals surface area contributed by atoms with Crippen LogP contribution < -0.4 is 5.73 Å². The Kier molecular flexibility index (Phi) is 4.57. The molecular formula is C9H13BrN2OS. The van der Waals surface area contributed by atoms with Crippen molar-refractivity contribution in [3.05, 3.63) is 20.8 Å². The Hall–Kier alpha value is -0.390. The van der Waals surface area contributed by atoms with E-state index in [1.165, 1.54) is 0 Å². The van der Waals surface area contributed by atoms with Crippen molar-refractivity contribution in [1.29, 1.82) is 0 Å². The molecule has 3 nitrogen and oxygen atoms in total. The number of carbonyl (C=O) groups excluding carboxylic acids is 1. The summed E-state index contributed by atoms with van der Waals surface area (Å²) in [4.78, 5) is 13.1. The molecule has 1 rings (SSSR count). The van der Waals surface area contributed by atoms with E-state index in [1.54, 1.807) is 23.3 Å². The predicted molar refractivity (Wildman–Crippen MR) is 62.2 cm³/mol. The summed E-state index contributed by atoms with van der Waals surface area (Å²) < 4.78 is 1.09. The van der Waals surface area contributed by atoms with Crippen molar-refractivity contribution in [2.45, 2.75) is 13.0 Å². The molecule has 0 radical (unpaired) electrons. The van der Waals surface area contributed by atoms with Crippen molar-refractivity contribution in [3.63, 3.8) is 0 Å². The van der Waals surface area contributed by atoms with E-state index in [9.17, 15) is 4.79 Å². The highest BCUT2D eigenvalue weighted by Crippen LogP contribution is 2.21. The van der Waals surface area contributed by atoms with Crippen LogP contribution in [0.2, 0.25) is 0 Å². The van der Waals surface area contributed by atoms with Gasteiger partial charge in [-0.1, -0.05) is 0 Å². The maximum Gasteiger partial charge on any atom is 0.223 e. The average molecular weight is 277 g/mol. The number of rotatable bonds is 4. The number of thiophene rings is 1. The second-order valence-corrected chi connectivity index (χ2v) is 5.34. The second kappa shape index (κ2) is 5.48. The zero-order chi connectivity index (χ0) is 10.6. The molecule has 0 aromatic carbocycles. The molecule has 5 heteroatoms. The number of carbonyl (C=O) groups is 1. The molecule has 78 valence electrons. The quantitative estimate of drug-likeness (QED) is 0.912. The smallest absolute Gasteiger partial charge is 0.223 e. The van der Waals surface area contributed by atoms with Crippen LogP contribution in [0.4, 0.5) is 0 Å². The fourth-order valence-electron chi connectivity index (χ4n) is 1.11. The zero-order valence-corrected chi connectivity index (χ0v) is 10.4. The minimum absolute atomic E-state index is 0.0924. The largest absolute Gasteiger partial charge is 0.341 e. The summed E-state index contributed by atoms with van der Waals surface area (Å²) in [5, 5.41) is 2.04. The highest BCUT2D eigenvalue weighted by Gasteiger charge is 2.08. The third-order valence-corrected chi connectivity index (χ3v) is 3.38. The monoisotopic (exact) mass is 276 g/mol. The molecule has 1 amide bonds. The summed E-state index contributed by atoms with van der Waals surface area (Å²) in [6, 6.07) is 2.02. The van der Waals surface area contributed by atoms with Crippen molar-refractivity contribution < 1.29 is 4.79 Å². The molecule has 0 atom stereocenters. The Morgan fingerprint density at radius 2 is 2.43 bits per heavy atom. The molecule has 2 N–H and O–H groups in total. The number of nitrogens with two attached hydrogens (primary N) is 1. The Balaban J connectivity index is 2.48. The van der Waals surface area contributed by atoms with Crippen molar-refractivity contribution in [1.82, 2.24) is 4.90 Å². The van der Waals surface area contributed by atoms with Crippen LogP contribution in [0.3, 0.4) is 0 Å². The van der Waals surface area contributed by atoms with E-state index in [0.29, 0.717) is 19.5 Å². The highest BCUT2D eigenvalue weighted by atomic mass is 79.9. The van der Waals surface area contributed by atoms with Crippen LogP contribution in [0.15, 0.2) is 15.2 Å². The molecule has 1 aromatic heterocycles. The minimum Gasteiger partial charge on any atom is -0.341 e. The summed E-state index contributed by atoms with van der Waals surface area (Å²) in [6.45, 7) is 1.07. The van der Waals surface area contributed by atoms with Gasteiger partial charge in [0.25, 0.3) is 0 Å². The van der Waals surface area contributed by atoms with Gasteiger partial charge in [-0.15, -0.1) is 11.3 Å². The fraction of sp³-hybridized carbons (Fsp3) is 0.444. The Labute approximate surface area is 96.0 Å². The van der Waals surface area contributed by atoms with Crippen LogP contribution in [0.1, 0.15) is 12.0 Å². The summed E-state index contributed by atoms with van der Waals surface area (Å²) in [6.07, 6.45) is 0.418. The van der Waals surface area contributed by atoms with E-state index in [-0.39, 0.29) is 5.91 Å². The lowest BCUT2D eigenvalue weighted by molar-refractivity contribution is -0.130. The van der Waals surface area contributed by atoms with Gasteiger partial charge in [-0.25, -0.2) is 0 Å². The number of amides is 1. The SMILES string of the molecule is CN(Cc1csc(Br)c1)C(=O)CCN. The third-order valence-electron chi connectivity index (χ3n) is 1.83. The molecule has 0 aliphatic heterocycles. The van der Waals surface area contributed by atoms with Gasteiger partial charge >= 0.3 is 0 Å². The molecule has 1 heterocycles. The van der Waals surface area contributed by atoms with E-state index in [0.717, 1.165) is 9.35 Å². The van der Waals surface area contributed by atoms with Gasteiger partial charge in [-0.3, -0.25) is 4.79 Å². The predicted octanol–water partition coefficient (Wildman–Crippen LogP) is 1.82. The molecule has 0 spiro atoms. The molecule has 0 fully saturated rings. The standard InChI is InChI=1S/C9H13BrN2OS/c1-12(9(13)2-3-11)5-7-4-8(10)14-6-7/h4,6H,2-3,5,11H2,1H3. The first kappa shape index (κ1) is 11.7. The summed E-state index contributed by atoms with van der Waals surface area (Å²) in [7, 11) is 1.80. The van der Waals surface area contributed by atoms with E-state index in [2.05, 4.69) is 15.9 Å². The van der Waals surface area contributed by atoms with Crippen LogP contribution in [0.5, 0.6) is 0 Å². The summed E-state index contributed by atoms with van der Waals surface area (Å²) in [5.41, 5.74) is 6.46. The molecular weight excluding hydrogens is 264 g/mol. The molecule has 0 unspecified atom stereocenters. The normalized spacial score (nSPS) is 10.2. The van der Waals surface area contributed by atoms with Crippen LogP contribution in [-0.2, 0) is 11.3 Å². The van der Waals surface area contributed by atoms with Crippen LogP contribution in [0, 0.1) is 0 Å². The summed E-state index contributed by atoms with van der Waals surface area (Å²) in [5.74, 6) is 0.0924. The molecule has 0 saturated carbocycles. The van der Waals surface area contributed by atoms with Crippen LogP contribution in [0.25, 0.3) is 0 Å². The van der Waals surface area contributed by atoms with Gasteiger partial charge in [0.2, 0.25) is 5.91 Å². The van der Waals surface area contributed by atoms with Crippen LogP contribution >= 0.6 is 27.3 Å². The van der Waals surface area contributed by atoms with E-state index < -0.39 is 0 Å². The first-order valence-corrected chi connectivity index (χ1v) is 5.97. The Morgan fingerprint density at radius 3 is 2.93 bits per heavy atom. The molecule has 14 heavy (non-hydrogen) atoms. The van der Waals surface area contributed by atoms with Crippen molar-refractivity contribution in [3.8, 4) is 0 Å². The summed E-state index contributed by atoms with van der Waals surface area (Å²) >= 11 is 5.01. The molecule has 0 bridgehead atoms. The number of halogens is 1. The Bertz CT molecular complexity index is 314. The maximum absolute atomic E-state index is 11.4. The van der Waals surface area contributed by atoms with Gasteiger partial charge in [-0.05, 0) is 32.9 Å². The van der Waals surface area contributed by atoms with Crippen molar-refractivity contribution in [2.75, 3.05) is 13.6 Å². The van der Waals surface area contributed by atoms with E-state index in [1.807, 2.05) is 11.4 Å². The Morgan fingerprint density at radius 1 is 1.71 bits per heavy atom. The minimum atomic E-state index is 0.0924. The third kappa shape index (κ3) is 3.40. The van der Waals surface area contributed by atoms with E-state index >= 15 is 0 Å². The molecule has 1 aromatic rings. The first-order chi connectivity index (χ1) is 6.63. The first-order valence-electron chi connectivity index (χ1n) is 4.30. The molecule has 0 aliphatic rings. The lowest BCUT2D eigenvalue weighted by Gasteiger charge is -2.15. The lowest BCUT2D eigenvalue weighted by Crippen LogP contribution is -2.27. The van der Waals surface area contributed by atoms with Gasteiger partial charge in [-0.2, -0.15) is 0 Å². The van der Waals surface area contributed by atoms with Gasteiger partial charge in [0.1, 0.15) is 0 Å². The maximum atomic E-state index is 11.4. The molecule has 0 saturated heterocycles. The van der Waals surface area contributed by atoms with Crippen molar-refractivity contribution >= 4 is 33.2 Å². The number of hydrogen-bond acceptors (Lipinski definition) is 3. The van der Waals surface area contributed by atoms with Crippen molar-refractivity contribution in [2.24, 2.45) is 5.73 Å². The lowest BCUT2D eigenvalue weighted by atomic mass is 10.3. The molecule has 0 aliphatic carbocycles. The van der Waals surface area contributed by atoms with Gasteiger partial charge in [0.15, 0.2) is 0 Å². The van der Waals surface area contributed by atoms with Gasteiger partial charge < -0.3 is 10.6 Å². The van der Waals surface area contributed by atoms with Crippen LogP contribution in [-0.4, -0.2) is 24.4 Å². The number of nitrogens with zero attached hydrogens (tertiary/aromatic N) is 1. The van der Waals surface area contributed by atoms with E-state index in [4.69, 9.17) is 5.73 Å². The second-order valence-electron chi connectivity index (χ2n) is 3.05. The van der Waals surface area contributed by atoms with Gasteiger partial charge in [0, 0.05) is 26.6 Å². The zero-order valence-electron chi connectivity index (χ0n) is 8.00. The fourth-order valence-corrected chi connectivity index (χ4v) is 2.31. The van der Waals surface area contributed by atoms with Gasteiger partial charge in [0.05, 0.1) is 3.79 Å². The highest BCUT2D eigenvalue weighted by molar-refractivity contribution is 9.11. The topological polar surface area (TPSA) is 46.3 Å². The average Bonchev–Trinajstić information content (AvgIpc) is 2.51. The number of hydrogen-bond donors (Lipinski definition) is 1.